The van der Waals surface area contributed by atoms with Crippen molar-refractivity contribution < 1.29 is 5.02 Å². The van der Waals surface area contributed by atoms with Gasteiger partial charge in [0.15, 0.2) is 0 Å². The van der Waals surface area contributed by atoms with E-state index in [1.165, 1.54) is 0 Å². The largest absolute Gasteiger partial charge is 0.449 e. The lowest BCUT2D eigenvalue weighted by atomic mass is 9.92. The summed E-state index contributed by atoms with van der Waals surface area (Å²) in [6.07, 6.45) is 5.46. The minimum Gasteiger partial charge on any atom is -0.449 e. The molecular weight excluding hydrogens is 189 g/mol. The molecule has 0 aliphatic carbocycles. The first-order chi connectivity index (χ1) is 7.00. The van der Waals surface area contributed by atoms with Crippen LogP contribution in [0, 0.1) is 0 Å². The Morgan fingerprint density at radius 3 is 2.67 bits per heavy atom. The van der Waals surface area contributed by atoms with Crippen LogP contribution < -0.4 is 5.46 Å². The summed E-state index contributed by atoms with van der Waals surface area (Å²) in [6.45, 7) is 6.34. The molecule has 78 valence electrons. The van der Waals surface area contributed by atoms with Gasteiger partial charge in [-0.05, 0) is 5.46 Å². The van der Waals surface area contributed by atoms with E-state index in [4.69, 9.17) is 5.02 Å². The van der Waals surface area contributed by atoms with Gasteiger partial charge in [-0.1, -0.05) is 20.8 Å². The Labute approximate surface area is 89.3 Å². The Kier molecular flexibility index (Phi) is 2.27. The van der Waals surface area contributed by atoms with Gasteiger partial charge in [-0.3, -0.25) is 4.40 Å². The fourth-order valence-electron chi connectivity index (χ4n) is 1.37. The van der Waals surface area contributed by atoms with E-state index < -0.39 is 0 Å². The van der Waals surface area contributed by atoms with Crippen LogP contribution in [0.25, 0.3) is 5.78 Å². The van der Waals surface area contributed by atoms with Crippen molar-refractivity contribution in [1.82, 2.24) is 14.4 Å². The van der Waals surface area contributed by atoms with Crippen molar-refractivity contribution in [2.24, 2.45) is 0 Å². The maximum absolute atomic E-state index is 8.99. The molecule has 0 aliphatic heterocycles. The van der Waals surface area contributed by atoms with E-state index in [9.17, 15) is 0 Å². The summed E-state index contributed by atoms with van der Waals surface area (Å²) in [4.78, 5) is 8.61. The summed E-state index contributed by atoms with van der Waals surface area (Å²) in [5.74, 6) is 0.678. The van der Waals surface area contributed by atoms with Crippen LogP contribution in [0.4, 0.5) is 0 Å². The molecule has 0 saturated carbocycles. The number of hydrogen-bond acceptors (Lipinski definition) is 3. The molecule has 4 nitrogen and oxygen atoms in total. The van der Waals surface area contributed by atoms with Gasteiger partial charge >= 0.3 is 7.48 Å². The van der Waals surface area contributed by atoms with Gasteiger partial charge in [-0.15, -0.1) is 0 Å². The predicted molar refractivity (Wildman–Crippen MR) is 60.7 cm³/mol. The zero-order valence-electron chi connectivity index (χ0n) is 9.23. The third-order valence-electron chi connectivity index (χ3n) is 2.31. The van der Waals surface area contributed by atoms with Crippen LogP contribution in [0.15, 0.2) is 18.6 Å². The lowest BCUT2D eigenvalue weighted by Gasteiger charge is -2.13. The van der Waals surface area contributed by atoms with Crippen LogP contribution in [0.5, 0.6) is 0 Å². The van der Waals surface area contributed by atoms with E-state index in [0.29, 0.717) is 5.78 Å². The first kappa shape index (κ1) is 10.2. The second-order valence-corrected chi connectivity index (χ2v) is 4.70. The molecule has 0 aliphatic rings. The van der Waals surface area contributed by atoms with Gasteiger partial charge in [0, 0.05) is 24.0 Å². The summed E-state index contributed by atoms with van der Waals surface area (Å²) in [7, 11) is 0.00592. The molecule has 0 aromatic carbocycles. The SMILES string of the molecule is CC(C)(C)c1cn2cc(BO)cnc2n1. The quantitative estimate of drug-likeness (QED) is 0.663. The molecule has 2 rings (SSSR count). The van der Waals surface area contributed by atoms with Crippen molar-refractivity contribution in [3.63, 3.8) is 0 Å². The van der Waals surface area contributed by atoms with Gasteiger partial charge in [0.1, 0.15) is 0 Å². The van der Waals surface area contributed by atoms with Gasteiger partial charge in [-0.2, -0.15) is 0 Å². The zero-order chi connectivity index (χ0) is 11.1. The number of aromatic nitrogens is 3. The van der Waals surface area contributed by atoms with Crippen molar-refractivity contribution in [1.29, 1.82) is 0 Å². The van der Waals surface area contributed by atoms with Crippen molar-refractivity contribution in [3.05, 3.63) is 24.3 Å². The minimum atomic E-state index is 0.00592. The van der Waals surface area contributed by atoms with E-state index in [-0.39, 0.29) is 12.9 Å². The molecule has 0 unspecified atom stereocenters. The minimum absolute atomic E-state index is 0.00592. The van der Waals surface area contributed by atoms with Crippen LogP contribution in [-0.2, 0) is 5.41 Å². The lowest BCUT2D eigenvalue weighted by molar-refractivity contribution is 0.573. The van der Waals surface area contributed by atoms with E-state index >= 15 is 0 Å². The maximum Gasteiger partial charge on any atom is 0.307 e. The molecule has 2 heterocycles. The van der Waals surface area contributed by atoms with E-state index in [1.54, 1.807) is 6.20 Å². The number of fused-ring (bicyclic) bond motifs is 1. The number of rotatable bonds is 1. The van der Waals surface area contributed by atoms with Gasteiger partial charge in [0.2, 0.25) is 5.78 Å². The molecule has 0 spiro atoms. The molecule has 0 amide bonds. The molecular formula is C10H14BN3O. The van der Waals surface area contributed by atoms with Gasteiger partial charge < -0.3 is 5.02 Å². The highest BCUT2D eigenvalue weighted by molar-refractivity contribution is 6.45. The molecule has 0 fully saturated rings. The fourth-order valence-corrected chi connectivity index (χ4v) is 1.37. The predicted octanol–water partition coefficient (Wildman–Crippen LogP) is -0.00410. The number of nitrogens with zero attached hydrogens (tertiary/aromatic N) is 3. The Balaban J connectivity index is 2.56. The van der Waals surface area contributed by atoms with Crippen LogP contribution in [0.3, 0.4) is 0 Å². The first-order valence-electron chi connectivity index (χ1n) is 4.95. The third kappa shape index (κ3) is 1.87. The van der Waals surface area contributed by atoms with Gasteiger partial charge in [0.05, 0.1) is 5.69 Å². The van der Waals surface area contributed by atoms with E-state index in [2.05, 4.69) is 30.7 Å². The molecule has 1 N–H and O–H groups in total. The molecule has 0 bridgehead atoms. The Morgan fingerprint density at radius 2 is 2.07 bits per heavy atom. The summed E-state index contributed by atoms with van der Waals surface area (Å²) < 4.78 is 1.85. The maximum atomic E-state index is 8.99. The molecule has 0 saturated heterocycles. The van der Waals surface area contributed by atoms with Crippen molar-refractivity contribution in [3.8, 4) is 0 Å². The van der Waals surface area contributed by atoms with Crippen molar-refractivity contribution in [2.75, 3.05) is 0 Å². The standard InChI is InChI=1S/C10H14BN3O/c1-10(2,3)8-6-14-5-7(11-15)4-12-9(14)13-8/h4-6,11,15H,1-3H3. The van der Waals surface area contributed by atoms with Crippen LogP contribution >= 0.6 is 0 Å². The van der Waals surface area contributed by atoms with Crippen molar-refractivity contribution >= 4 is 18.7 Å². The second-order valence-electron chi connectivity index (χ2n) is 4.70. The highest BCUT2D eigenvalue weighted by Gasteiger charge is 2.17. The summed E-state index contributed by atoms with van der Waals surface area (Å²) in [5.41, 5.74) is 1.82. The number of hydrogen-bond donors (Lipinski definition) is 1. The molecule has 2 aromatic rings. The molecule has 15 heavy (non-hydrogen) atoms. The van der Waals surface area contributed by atoms with E-state index in [0.717, 1.165) is 11.2 Å². The van der Waals surface area contributed by atoms with Crippen LogP contribution in [-0.4, -0.2) is 26.9 Å². The smallest absolute Gasteiger partial charge is 0.307 e. The third-order valence-corrected chi connectivity index (χ3v) is 2.31. The normalized spacial score (nSPS) is 12.0. The zero-order valence-corrected chi connectivity index (χ0v) is 9.23. The number of imidazole rings is 1. The highest BCUT2D eigenvalue weighted by Crippen LogP contribution is 2.20. The summed E-state index contributed by atoms with van der Waals surface area (Å²) in [6, 6.07) is 0. The summed E-state index contributed by atoms with van der Waals surface area (Å²) in [5, 5.41) is 8.99. The Morgan fingerprint density at radius 1 is 1.33 bits per heavy atom. The molecule has 0 radical (unpaired) electrons. The molecule has 2 aromatic heterocycles. The highest BCUT2D eigenvalue weighted by atomic mass is 16.2. The van der Waals surface area contributed by atoms with Gasteiger partial charge in [-0.25, -0.2) is 9.97 Å². The van der Waals surface area contributed by atoms with Crippen LogP contribution in [0.1, 0.15) is 26.5 Å². The van der Waals surface area contributed by atoms with E-state index in [1.807, 2.05) is 16.8 Å². The average molecular weight is 203 g/mol. The Hall–Kier alpha value is -1.36. The lowest BCUT2D eigenvalue weighted by Crippen LogP contribution is -2.15. The summed E-state index contributed by atoms with van der Waals surface area (Å²) >= 11 is 0. The second kappa shape index (κ2) is 3.34. The monoisotopic (exact) mass is 203 g/mol. The fraction of sp³-hybridized carbons (Fsp3) is 0.400. The molecule has 5 heteroatoms. The molecule has 0 atom stereocenters. The topological polar surface area (TPSA) is 50.4 Å². The van der Waals surface area contributed by atoms with Gasteiger partial charge in [0.25, 0.3) is 0 Å². The first-order valence-corrected chi connectivity index (χ1v) is 4.95. The van der Waals surface area contributed by atoms with Crippen LogP contribution in [0.2, 0.25) is 0 Å². The average Bonchev–Trinajstić information content (AvgIpc) is 2.59. The Bertz CT molecular complexity index is 487. The van der Waals surface area contributed by atoms with Crippen molar-refractivity contribution in [2.45, 2.75) is 26.2 Å².